The molecule has 2 aromatic heterocycles. The molecule has 0 bridgehead atoms. The van der Waals surface area contributed by atoms with Gasteiger partial charge in [0.15, 0.2) is 5.65 Å². The van der Waals surface area contributed by atoms with Crippen LogP contribution in [0.15, 0.2) is 83.8 Å². The molecule has 0 radical (unpaired) electrons. The normalized spacial score (nSPS) is 10.7. The Balaban J connectivity index is 1.82. The zero-order chi connectivity index (χ0) is 18.6. The van der Waals surface area contributed by atoms with E-state index in [0.29, 0.717) is 16.8 Å². The fourth-order valence-corrected chi connectivity index (χ4v) is 2.99. The second-order valence-electron chi connectivity index (χ2n) is 6.07. The molecule has 0 spiro atoms. The average Bonchev–Trinajstić information content (AvgIpc) is 2.73. The molecule has 5 nitrogen and oxygen atoms in total. The van der Waals surface area contributed by atoms with Crippen LogP contribution in [-0.2, 0) is 6.61 Å². The van der Waals surface area contributed by atoms with Gasteiger partial charge in [-0.25, -0.2) is 4.98 Å². The zero-order valence-corrected chi connectivity index (χ0v) is 14.4. The minimum Gasteiger partial charge on any atom is -0.404 e. The molecule has 0 saturated carbocycles. The highest BCUT2D eigenvalue weighted by Crippen LogP contribution is 2.26. The van der Waals surface area contributed by atoms with Crippen LogP contribution in [0.5, 0.6) is 0 Å². The first-order chi connectivity index (χ1) is 13.3. The van der Waals surface area contributed by atoms with Gasteiger partial charge in [0.25, 0.3) is 5.56 Å². The first kappa shape index (κ1) is 16.7. The number of carbonyl (C=O) groups is 1. The lowest BCUT2D eigenvalue weighted by Gasteiger charge is -2.13. The van der Waals surface area contributed by atoms with Crippen LogP contribution in [0.25, 0.3) is 22.2 Å². The molecule has 0 amide bonds. The van der Waals surface area contributed by atoms with Crippen molar-refractivity contribution in [1.29, 1.82) is 0 Å². The summed E-state index contributed by atoms with van der Waals surface area (Å²) in [5, 5.41) is 0.771. The fourth-order valence-electron chi connectivity index (χ4n) is 2.99. The summed E-state index contributed by atoms with van der Waals surface area (Å²) in [6.07, 6.45) is 2.41. The molecule has 0 saturated heterocycles. The van der Waals surface area contributed by atoms with Crippen LogP contribution >= 0.6 is 0 Å². The number of aldehydes is 1. The molecule has 27 heavy (non-hydrogen) atoms. The van der Waals surface area contributed by atoms with E-state index in [4.69, 9.17) is 4.84 Å². The van der Waals surface area contributed by atoms with E-state index in [0.717, 1.165) is 22.8 Å². The molecule has 0 N–H and O–H groups in total. The molecular weight excluding hydrogens is 340 g/mol. The maximum Gasteiger partial charge on any atom is 0.285 e. The van der Waals surface area contributed by atoms with Gasteiger partial charge in [0, 0.05) is 23.2 Å². The van der Waals surface area contributed by atoms with Crippen LogP contribution < -0.4 is 10.4 Å². The summed E-state index contributed by atoms with van der Waals surface area (Å²) in [6.45, 7) is 0.256. The van der Waals surface area contributed by atoms with Gasteiger partial charge in [-0.1, -0.05) is 48.5 Å². The van der Waals surface area contributed by atoms with Crippen LogP contribution in [-0.4, -0.2) is 16.0 Å². The number of aromatic nitrogens is 2. The molecule has 0 fully saturated rings. The quantitative estimate of drug-likeness (QED) is 0.514. The summed E-state index contributed by atoms with van der Waals surface area (Å²) in [7, 11) is 0. The van der Waals surface area contributed by atoms with E-state index in [-0.39, 0.29) is 12.2 Å². The van der Waals surface area contributed by atoms with Crippen molar-refractivity contribution in [2.75, 3.05) is 0 Å². The summed E-state index contributed by atoms with van der Waals surface area (Å²) < 4.78 is 1.22. The van der Waals surface area contributed by atoms with E-state index < -0.39 is 0 Å². The topological polar surface area (TPSA) is 61.2 Å². The largest absolute Gasteiger partial charge is 0.404 e. The predicted octanol–water partition coefficient (Wildman–Crippen LogP) is 3.50. The zero-order valence-electron chi connectivity index (χ0n) is 14.4. The van der Waals surface area contributed by atoms with Crippen LogP contribution in [0, 0.1) is 0 Å². The Hall–Kier alpha value is -3.73. The Kier molecular flexibility index (Phi) is 4.49. The van der Waals surface area contributed by atoms with E-state index >= 15 is 0 Å². The Morgan fingerprint density at radius 3 is 2.63 bits per heavy atom. The van der Waals surface area contributed by atoms with Gasteiger partial charge in [0.05, 0.1) is 0 Å². The number of benzene rings is 2. The fraction of sp³-hybridized carbons (Fsp3) is 0.0455. The van der Waals surface area contributed by atoms with Crippen molar-refractivity contribution in [2.24, 2.45) is 0 Å². The number of hydrogen-bond acceptors (Lipinski definition) is 4. The molecule has 4 aromatic rings. The van der Waals surface area contributed by atoms with Crippen molar-refractivity contribution in [2.45, 2.75) is 6.61 Å². The summed E-state index contributed by atoms with van der Waals surface area (Å²) in [6, 6.07) is 22.0. The number of pyridine rings is 2. The second-order valence-corrected chi connectivity index (χ2v) is 6.07. The Morgan fingerprint density at radius 2 is 1.81 bits per heavy atom. The van der Waals surface area contributed by atoms with E-state index in [1.165, 1.54) is 10.8 Å². The van der Waals surface area contributed by atoms with Crippen LogP contribution in [0.1, 0.15) is 15.9 Å². The van der Waals surface area contributed by atoms with Gasteiger partial charge in [0.1, 0.15) is 12.9 Å². The first-order valence-electron chi connectivity index (χ1n) is 8.50. The third kappa shape index (κ3) is 3.35. The third-order valence-electron chi connectivity index (χ3n) is 4.27. The molecule has 2 aromatic carbocycles. The number of nitrogens with zero attached hydrogens (tertiary/aromatic N) is 2. The van der Waals surface area contributed by atoms with E-state index in [1.54, 1.807) is 30.5 Å². The van der Waals surface area contributed by atoms with Crippen molar-refractivity contribution in [3.05, 3.63) is 100 Å². The monoisotopic (exact) mass is 356 g/mol. The van der Waals surface area contributed by atoms with Crippen LogP contribution in [0.4, 0.5) is 0 Å². The highest BCUT2D eigenvalue weighted by molar-refractivity contribution is 5.93. The Bertz CT molecular complexity index is 1170. The smallest absolute Gasteiger partial charge is 0.285 e. The Morgan fingerprint density at radius 1 is 0.963 bits per heavy atom. The summed E-state index contributed by atoms with van der Waals surface area (Å²) in [4.78, 5) is 33.9. The van der Waals surface area contributed by atoms with Gasteiger partial charge in [-0.05, 0) is 34.9 Å². The standard InChI is InChI=1S/C22H16N2O3/c25-14-17-8-4-9-18(12-17)20-13-21(26)24(22-19(20)10-5-11-23-22)27-15-16-6-2-1-3-7-16/h1-14H,15H2. The van der Waals surface area contributed by atoms with Gasteiger partial charge in [-0.15, -0.1) is 4.73 Å². The van der Waals surface area contributed by atoms with Gasteiger partial charge < -0.3 is 4.84 Å². The van der Waals surface area contributed by atoms with E-state index in [9.17, 15) is 9.59 Å². The molecule has 0 unspecified atom stereocenters. The summed E-state index contributed by atoms with van der Waals surface area (Å²) in [5.41, 5.74) is 3.12. The lowest BCUT2D eigenvalue weighted by atomic mass is 10.0. The van der Waals surface area contributed by atoms with Gasteiger partial charge in [-0.3, -0.25) is 9.59 Å². The number of rotatable bonds is 5. The minimum atomic E-state index is -0.316. The maximum absolute atomic E-state index is 12.7. The lowest BCUT2D eigenvalue weighted by molar-refractivity contribution is 0.0980. The number of carbonyl (C=O) groups excluding carboxylic acids is 1. The predicted molar refractivity (Wildman–Crippen MR) is 104 cm³/mol. The molecular formula is C22H16N2O3. The third-order valence-corrected chi connectivity index (χ3v) is 4.27. The average molecular weight is 356 g/mol. The van der Waals surface area contributed by atoms with Crippen molar-refractivity contribution in [3.8, 4) is 11.1 Å². The van der Waals surface area contributed by atoms with Crippen molar-refractivity contribution >= 4 is 17.3 Å². The lowest BCUT2D eigenvalue weighted by Crippen LogP contribution is -2.27. The molecule has 4 rings (SSSR count). The summed E-state index contributed by atoms with van der Waals surface area (Å²) in [5.74, 6) is 0. The van der Waals surface area contributed by atoms with Crippen molar-refractivity contribution in [1.82, 2.24) is 9.71 Å². The molecule has 2 heterocycles. The maximum atomic E-state index is 12.7. The minimum absolute atomic E-state index is 0.256. The van der Waals surface area contributed by atoms with Gasteiger partial charge >= 0.3 is 0 Å². The Labute approximate surface area is 155 Å². The first-order valence-corrected chi connectivity index (χ1v) is 8.50. The van der Waals surface area contributed by atoms with Gasteiger partial charge in [-0.2, -0.15) is 0 Å². The number of fused-ring (bicyclic) bond motifs is 1. The van der Waals surface area contributed by atoms with E-state index in [1.807, 2.05) is 42.5 Å². The molecule has 0 atom stereocenters. The SMILES string of the molecule is O=Cc1cccc(-c2cc(=O)n(OCc3ccccc3)c3ncccc23)c1. The second kappa shape index (κ2) is 7.25. The molecule has 0 aliphatic rings. The molecule has 132 valence electrons. The molecule has 5 heteroatoms. The van der Waals surface area contributed by atoms with E-state index in [2.05, 4.69) is 4.98 Å². The molecule has 0 aliphatic heterocycles. The van der Waals surface area contributed by atoms with Gasteiger partial charge in [0.2, 0.25) is 0 Å². The van der Waals surface area contributed by atoms with Crippen LogP contribution in [0.3, 0.4) is 0 Å². The number of hydrogen-bond donors (Lipinski definition) is 0. The van der Waals surface area contributed by atoms with Crippen LogP contribution in [0.2, 0.25) is 0 Å². The molecule has 0 aliphatic carbocycles. The van der Waals surface area contributed by atoms with Crippen molar-refractivity contribution in [3.63, 3.8) is 0 Å². The highest BCUT2D eigenvalue weighted by Gasteiger charge is 2.13. The summed E-state index contributed by atoms with van der Waals surface area (Å²) >= 11 is 0. The van der Waals surface area contributed by atoms with Crippen molar-refractivity contribution < 1.29 is 9.63 Å². The highest BCUT2D eigenvalue weighted by atomic mass is 16.7.